The van der Waals surface area contributed by atoms with E-state index in [4.69, 9.17) is 4.74 Å². The van der Waals surface area contributed by atoms with Crippen LogP contribution in [0, 0.1) is 0 Å². The molecular weight excluding hydrogens is 196 g/mol. The van der Waals surface area contributed by atoms with Crippen molar-refractivity contribution >= 4 is 6.47 Å². The number of nitrogens with zero attached hydrogens (tertiary/aromatic N) is 3. The Bertz CT molecular complexity index is 415. The number of H-pyrrole nitrogens is 1. The third-order valence-electron chi connectivity index (χ3n) is 1.88. The molecule has 0 fully saturated rings. The van der Waals surface area contributed by atoms with Gasteiger partial charge >= 0.3 is 6.47 Å². The second-order valence-electron chi connectivity index (χ2n) is 2.78. The van der Waals surface area contributed by atoms with Crippen molar-refractivity contribution in [3.63, 3.8) is 0 Å². The molecule has 0 aliphatic heterocycles. The molecule has 1 radical (unpaired) electrons. The lowest BCUT2D eigenvalue weighted by Gasteiger charge is -2.10. The van der Waals surface area contributed by atoms with Gasteiger partial charge in [-0.15, -0.1) is 5.10 Å². The Morgan fingerprint density at radius 1 is 1.33 bits per heavy atom. The molecule has 1 aromatic carbocycles. The minimum absolute atomic E-state index is 0.365. The normalized spacial score (nSPS) is 12.0. The van der Waals surface area contributed by atoms with E-state index >= 15 is 0 Å². The molecule has 2 rings (SSSR count). The number of ether oxygens (including phenoxy) is 1. The second-order valence-corrected chi connectivity index (χ2v) is 2.78. The van der Waals surface area contributed by atoms with E-state index in [0.29, 0.717) is 5.82 Å². The van der Waals surface area contributed by atoms with Crippen molar-refractivity contribution in [1.29, 1.82) is 0 Å². The highest BCUT2D eigenvalue weighted by molar-refractivity contribution is 5.41. The van der Waals surface area contributed by atoms with E-state index in [0.717, 1.165) is 5.56 Å². The quantitative estimate of drug-likeness (QED) is 0.776. The van der Waals surface area contributed by atoms with Crippen LogP contribution < -0.4 is 0 Å². The number of hydrogen-bond acceptors (Lipinski definition) is 5. The van der Waals surface area contributed by atoms with Crippen molar-refractivity contribution in [2.24, 2.45) is 0 Å². The zero-order valence-electron chi connectivity index (χ0n) is 7.62. The SMILES string of the molecule is O=[C]OC(c1ccccc1)c1nnn[nH]1. The van der Waals surface area contributed by atoms with Crippen molar-refractivity contribution in [2.75, 3.05) is 0 Å². The number of carbonyl (C=O) groups excluding carboxylic acids is 1. The van der Waals surface area contributed by atoms with Crippen molar-refractivity contribution in [3.8, 4) is 0 Å². The molecule has 0 aliphatic carbocycles. The van der Waals surface area contributed by atoms with Gasteiger partial charge in [0, 0.05) is 5.56 Å². The minimum atomic E-state index is -0.640. The fourth-order valence-corrected chi connectivity index (χ4v) is 1.24. The van der Waals surface area contributed by atoms with Crippen molar-refractivity contribution in [2.45, 2.75) is 6.10 Å². The van der Waals surface area contributed by atoms with Crippen molar-refractivity contribution in [3.05, 3.63) is 41.7 Å². The van der Waals surface area contributed by atoms with Gasteiger partial charge in [0.2, 0.25) is 0 Å². The summed E-state index contributed by atoms with van der Waals surface area (Å²) in [7, 11) is 0. The monoisotopic (exact) mass is 203 g/mol. The van der Waals surface area contributed by atoms with Gasteiger partial charge in [-0.2, -0.15) is 0 Å². The highest BCUT2D eigenvalue weighted by Gasteiger charge is 2.18. The lowest BCUT2D eigenvalue weighted by molar-refractivity contribution is 0.207. The van der Waals surface area contributed by atoms with Gasteiger partial charge in [-0.1, -0.05) is 30.3 Å². The van der Waals surface area contributed by atoms with Crippen LogP contribution in [-0.2, 0) is 9.53 Å². The second kappa shape index (κ2) is 4.32. The van der Waals surface area contributed by atoms with Gasteiger partial charge in [-0.3, -0.25) is 0 Å². The van der Waals surface area contributed by atoms with Crippen LogP contribution >= 0.6 is 0 Å². The van der Waals surface area contributed by atoms with Gasteiger partial charge in [0.25, 0.3) is 0 Å². The fraction of sp³-hybridized carbons (Fsp3) is 0.111. The summed E-state index contributed by atoms with van der Waals surface area (Å²) in [6.07, 6.45) is -0.640. The smallest absolute Gasteiger partial charge is 0.418 e. The summed E-state index contributed by atoms with van der Waals surface area (Å²) in [5, 5.41) is 13.1. The third kappa shape index (κ3) is 1.98. The number of rotatable bonds is 4. The van der Waals surface area contributed by atoms with Gasteiger partial charge < -0.3 is 4.74 Å². The number of aromatic nitrogens is 4. The van der Waals surface area contributed by atoms with Gasteiger partial charge in [-0.25, -0.2) is 9.89 Å². The standard InChI is InChI=1S/C9H7N4O2/c14-6-15-8(9-10-12-13-11-9)7-4-2-1-3-5-7/h1-5,8H,(H,10,11,12,13). The molecule has 0 bridgehead atoms. The van der Waals surface area contributed by atoms with E-state index < -0.39 is 6.10 Å². The first kappa shape index (κ1) is 9.32. The lowest BCUT2D eigenvalue weighted by atomic mass is 10.1. The lowest BCUT2D eigenvalue weighted by Crippen LogP contribution is -2.07. The number of benzene rings is 1. The van der Waals surface area contributed by atoms with Gasteiger partial charge in [0.1, 0.15) is 0 Å². The highest BCUT2D eigenvalue weighted by atomic mass is 16.5. The summed E-state index contributed by atoms with van der Waals surface area (Å²) in [6, 6.07) is 9.15. The van der Waals surface area contributed by atoms with Crippen LogP contribution in [0.2, 0.25) is 0 Å². The molecule has 1 heterocycles. The summed E-state index contributed by atoms with van der Waals surface area (Å²) in [4.78, 5) is 10.3. The third-order valence-corrected chi connectivity index (χ3v) is 1.88. The molecule has 0 saturated heterocycles. The molecule has 6 heteroatoms. The fourth-order valence-electron chi connectivity index (χ4n) is 1.24. The summed E-state index contributed by atoms with van der Waals surface area (Å²) in [6.45, 7) is 1.39. The Labute approximate surface area is 85.3 Å². The van der Waals surface area contributed by atoms with Crippen LogP contribution in [0.1, 0.15) is 17.5 Å². The van der Waals surface area contributed by atoms with Crippen LogP contribution in [0.4, 0.5) is 0 Å². The van der Waals surface area contributed by atoms with Gasteiger partial charge in [-0.05, 0) is 10.4 Å². The number of tetrazole rings is 1. The molecule has 15 heavy (non-hydrogen) atoms. The maximum atomic E-state index is 10.3. The molecule has 0 spiro atoms. The Morgan fingerprint density at radius 3 is 2.73 bits per heavy atom. The van der Waals surface area contributed by atoms with Gasteiger partial charge in [0.15, 0.2) is 11.9 Å². The first-order valence-corrected chi connectivity index (χ1v) is 4.23. The minimum Gasteiger partial charge on any atom is -0.441 e. The highest BCUT2D eigenvalue weighted by Crippen LogP contribution is 2.20. The first-order chi connectivity index (χ1) is 7.42. The predicted octanol–water partition coefficient (Wildman–Crippen LogP) is 0.373. The van der Waals surface area contributed by atoms with E-state index in [1.807, 2.05) is 30.3 Å². The molecule has 0 aliphatic rings. The zero-order chi connectivity index (χ0) is 10.5. The zero-order valence-corrected chi connectivity index (χ0v) is 7.62. The van der Waals surface area contributed by atoms with Crippen LogP contribution in [0.25, 0.3) is 0 Å². The van der Waals surface area contributed by atoms with Crippen molar-refractivity contribution < 1.29 is 9.53 Å². The summed E-state index contributed by atoms with van der Waals surface area (Å²) >= 11 is 0. The van der Waals surface area contributed by atoms with E-state index in [1.54, 1.807) is 0 Å². The maximum absolute atomic E-state index is 10.3. The largest absolute Gasteiger partial charge is 0.441 e. The molecule has 0 amide bonds. The average Bonchev–Trinajstić information content (AvgIpc) is 2.80. The molecule has 75 valence electrons. The van der Waals surface area contributed by atoms with Crippen LogP contribution in [-0.4, -0.2) is 27.1 Å². The molecule has 0 saturated carbocycles. The van der Waals surface area contributed by atoms with E-state index in [-0.39, 0.29) is 0 Å². The molecule has 1 aromatic heterocycles. The maximum Gasteiger partial charge on any atom is 0.418 e. The number of aromatic amines is 1. The Morgan fingerprint density at radius 2 is 2.13 bits per heavy atom. The molecular formula is C9H7N4O2. The Kier molecular flexibility index (Phi) is 2.68. The molecule has 1 N–H and O–H groups in total. The summed E-state index contributed by atoms with van der Waals surface area (Å²) < 4.78 is 4.79. The Balaban J connectivity index is 2.32. The Hall–Kier alpha value is -2.24. The topological polar surface area (TPSA) is 80.8 Å². The van der Waals surface area contributed by atoms with Crippen LogP contribution in [0.15, 0.2) is 30.3 Å². The number of nitrogens with one attached hydrogen (secondary N) is 1. The average molecular weight is 203 g/mol. The van der Waals surface area contributed by atoms with E-state index in [2.05, 4.69) is 20.6 Å². The molecule has 1 unspecified atom stereocenters. The van der Waals surface area contributed by atoms with E-state index in [9.17, 15) is 4.79 Å². The van der Waals surface area contributed by atoms with E-state index in [1.165, 1.54) is 6.47 Å². The molecule has 2 aromatic rings. The predicted molar refractivity (Wildman–Crippen MR) is 49.2 cm³/mol. The number of hydrogen-bond donors (Lipinski definition) is 1. The van der Waals surface area contributed by atoms with Crippen molar-refractivity contribution in [1.82, 2.24) is 20.6 Å². The summed E-state index contributed by atoms with van der Waals surface area (Å²) in [5.41, 5.74) is 0.777. The first-order valence-electron chi connectivity index (χ1n) is 4.23. The molecule has 6 nitrogen and oxygen atoms in total. The van der Waals surface area contributed by atoms with Crippen LogP contribution in [0.5, 0.6) is 0 Å². The van der Waals surface area contributed by atoms with Gasteiger partial charge in [0.05, 0.1) is 0 Å². The van der Waals surface area contributed by atoms with Crippen LogP contribution in [0.3, 0.4) is 0 Å². The summed E-state index contributed by atoms with van der Waals surface area (Å²) in [5.74, 6) is 0.365. The molecule has 1 atom stereocenters.